The molecule has 0 saturated heterocycles. The molecule has 33 heavy (non-hydrogen) atoms. The van der Waals surface area contributed by atoms with Crippen molar-refractivity contribution in [2.45, 2.75) is 112 Å². The van der Waals surface area contributed by atoms with E-state index in [-0.39, 0.29) is 33.7 Å². The van der Waals surface area contributed by atoms with Crippen LogP contribution in [0.15, 0.2) is 12.2 Å². The van der Waals surface area contributed by atoms with Gasteiger partial charge in [-0.05, 0) is 122 Å². The largest absolute Gasteiger partial charge is 0.481 e. The molecule has 0 spiro atoms. The minimum Gasteiger partial charge on any atom is -0.481 e. The van der Waals surface area contributed by atoms with Gasteiger partial charge in [-0.3, -0.25) is 4.79 Å². The predicted octanol–water partition coefficient (Wildman–Crippen LogP) is 7.09. The number of aliphatic hydroxyl groups excluding tert-OH is 1. The second kappa shape index (κ2) is 7.11. The quantitative estimate of drug-likeness (QED) is 0.436. The molecule has 0 bridgehead atoms. The van der Waals surface area contributed by atoms with E-state index in [2.05, 4.69) is 48.1 Å². The Kier molecular flexibility index (Phi) is 5.15. The number of aliphatic hydroxyl groups is 1. The van der Waals surface area contributed by atoms with E-state index < -0.39 is 11.4 Å². The van der Waals surface area contributed by atoms with Crippen LogP contribution in [0, 0.1) is 56.7 Å². The van der Waals surface area contributed by atoms with Crippen molar-refractivity contribution in [1.29, 1.82) is 0 Å². The molecule has 0 aromatic carbocycles. The lowest BCUT2D eigenvalue weighted by atomic mass is 9.32. The summed E-state index contributed by atoms with van der Waals surface area (Å²) in [4.78, 5) is 13.5. The molecule has 10 unspecified atom stereocenters. The van der Waals surface area contributed by atoms with Gasteiger partial charge >= 0.3 is 5.97 Å². The van der Waals surface area contributed by atoms with Crippen molar-refractivity contribution in [3.8, 4) is 0 Å². The van der Waals surface area contributed by atoms with Gasteiger partial charge in [-0.2, -0.15) is 0 Å². The van der Waals surface area contributed by atoms with Gasteiger partial charge in [0, 0.05) is 0 Å². The lowest BCUT2D eigenvalue weighted by Gasteiger charge is -2.72. The van der Waals surface area contributed by atoms with Gasteiger partial charge in [0.25, 0.3) is 0 Å². The highest BCUT2D eigenvalue weighted by atomic mass is 16.4. The van der Waals surface area contributed by atoms with Crippen molar-refractivity contribution in [2.24, 2.45) is 56.7 Å². The van der Waals surface area contributed by atoms with Crippen LogP contribution in [0.4, 0.5) is 0 Å². The summed E-state index contributed by atoms with van der Waals surface area (Å²) in [5.41, 5.74) is 0.780. The molecular weight excluding hydrogens is 408 g/mol. The van der Waals surface area contributed by atoms with E-state index in [1.54, 1.807) is 0 Å². The van der Waals surface area contributed by atoms with Crippen molar-refractivity contribution in [3.63, 3.8) is 0 Å². The second-order valence-electron chi connectivity index (χ2n) is 14.6. The maximum absolute atomic E-state index is 13.5. The first-order valence-electron chi connectivity index (χ1n) is 13.8. The summed E-state index contributed by atoms with van der Waals surface area (Å²) < 4.78 is 0. The molecule has 5 saturated carbocycles. The SMILES string of the molecule is C=C(C)C1CCC2(C)CCC3(C(=O)O)C(CCC4C5(C)CCC(O)C(C)(C)C5CCC43C)C12. The summed E-state index contributed by atoms with van der Waals surface area (Å²) in [5, 5.41) is 22.0. The Morgan fingerprint density at radius 1 is 0.848 bits per heavy atom. The van der Waals surface area contributed by atoms with E-state index in [0.29, 0.717) is 23.7 Å². The van der Waals surface area contributed by atoms with E-state index in [1.165, 1.54) is 18.4 Å². The van der Waals surface area contributed by atoms with Crippen molar-refractivity contribution in [1.82, 2.24) is 0 Å². The molecule has 2 N–H and O–H groups in total. The van der Waals surface area contributed by atoms with Gasteiger partial charge in [-0.15, -0.1) is 0 Å². The summed E-state index contributed by atoms with van der Waals surface area (Å²) >= 11 is 0. The molecule has 5 rings (SSSR count). The number of hydrogen-bond donors (Lipinski definition) is 2. The summed E-state index contributed by atoms with van der Waals surface area (Å²) in [6, 6.07) is 0. The molecule has 5 aliphatic carbocycles. The second-order valence-corrected chi connectivity index (χ2v) is 14.6. The molecule has 0 heterocycles. The average Bonchev–Trinajstić information content (AvgIpc) is 3.08. The monoisotopic (exact) mass is 456 g/mol. The standard InChI is InChI=1S/C30H48O3/c1-18(2)19-10-13-27(5)16-17-30(25(32)33)20(24(19)27)8-9-22-28(6)14-12-23(31)26(3,4)21(28)11-15-29(22,30)7/h19-24,31H,1,8-17H2,2-7H3,(H,32,33). The van der Waals surface area contributed by atoms with Crippen molar-refractivity contribution in [2.75, 3.05) is 0 Å². The van der Waals surface area contributed by atoms with Crippen LogP contribution in [0.5, 0.6) is 0 Å². The molecule has 0 radical (unpaired) electrons. The van der Waals surface area contributed by atoms with E-state index in [1.807, 2.05) is 0 Å². The van der Waals surface area contributed by atoms with Gasteiger partial charge in [0.05, 0.1) is 11.5 Å². The Labute approximate surface area is 201 Å². The van der Waals surface area contributed by atoms with Gasteiger partial charge in [-0.25, -0.2) is 0 Å². The summed E-state index contributed by atoms with van der Waals surface area (Å²) in [5.74, 6) is 1.60. The molecule has 0 aromatic rings. The van der Waals surface area contributed by atoms with Gasteiger partial charge in [0.2, 0.25) is 0 Å². The molecule has 186 valence electrons. The van der Waals surface area contributed by atoms with Crippen LogP contribution in [-0.4, -0.2) is 22.3 Å². The third-order valence-electron chi connectivity index (χ3n) is 13.2. The van der Waals surface area contributed by atoms with Crippen LogP contribution in [0.3, 0.4) is 0 Å². The minimum absolute atomic E-state index is 0.0940. The Morgan fingerprint density at radius 3 is 2.18 bits per heavy atom. The molecule has 3 nitrogen and oxygen atoms in total. The smallest absolute Gasteiger partial charge is 0.310 e. The predicted molar refractivity (Wildman–Crippen MR) is 133 cm³/mol. The molecule has 0 amide bonds. The fourth-order valence-electron chi connectivity index (χ4n) is 11.6. The van der Waals surface area contributed by atoms with Gasteiger partial charge in [0.1, 0.15) is 0 Å². The summed E-state index contributed by atoms with van der Waals surface area (Å²) in [6.45, 7) is 18.4. The number of allylic oxidation sites excluding steroid dienone is 1. The molecule has 3 heteroatoms. The number of carboxylic acid groups (broad SMARTS) is 1. The molecule has 0 aliphatic heterocycles. The highest BCUT2D eigenvalue weighted by molar-refractivity contribution is 5.77. The van der Waals surface area contributed by atoms with Gasteiger partial charge in [-0.1, -0.05) is 46.8 Å². The van der Waals surface area contributed by atoms with E-state index in [9.17, 15) is 15.0 Å². The first kappa shape index (κ1) is 23.9. The molecule has 5 fully saturated rings. The van der Waals surface area contributed by atoms with Crippen molar-refractivity contribution < 1.29 is 15.0 Å². The Balaban J connectivity index is 1.62. The van der Waals surface area contributed by atoms with Crippen molar-refractivity contribution in [3.05, 3.63) is 12.2 Å². The third kappa shape index (κ3) is 2.75. The lowest BCUT2D eigenvalue weighted by molar-refractivity contribution is -0.253. The topological polar surface area (TPSA) is 57.5 Å². The van der Waals surface area contributed by atoms with E-state index in [4.69, 9.17) is 0 Å². The highest BCUT2D eigenvalue weighted by Gasteiger charge is 2.74. The lowest BCUT2D eigenvalue weighted by Crippen LogP contribution is -2.69. The van der Waals surface area contributed by atoms with Crippen LogP contribution < -0.4 is 0 Å². The minimum atomic E-state index is -0.619. The number of aliphatic carboxylic acids is 1. The number of carboxylic acids is 1. The van der Waals surface area contributed by atoms with Crippen molar-refractivity contribution >= 4 is 5.97 Å². The zero-order chi connectivity index (χ0) is 24.2. The number of fused-ring (bicyclic) bond motifs is 7. The maximum Gasteiger partial charge on any atom is 0.310 e. The van der Waals surface area contributed by atoms with Crippen LogP contribution in [0.25, 0.3) is 0 Å². The first-order chi connectivity index (χ1) is 15.3. The van der Waals surface area contributed by atoms with Crippen LogP contribution in [0.1, 0.15) is 106 Å². The number of rotatable bonds is 2. The Morgan fingerprint density at radius 2 is 1.55 bits per heavy atom. The average molecular weight is 457 g/mol. The van der Waals surface area contributed by atoms with Gasteiger partial charge in [0.15, 0.2) is 0 Å². The zero-order valence-corrected chi connectivity index (χ0v) is 22.0. The summed E-state index contributed by atoms with van der Waals surface area (Å²) in [7, 11) is 0. The van der Waals surface area contributed by atoms with Gasteiger partial charge < -0.3 is 10.2 Å². The highest BCUT2D eigenvalue weighted by Crippen LogP contribution is 2.77. The fourth-order valence-corrected chi connectivity index (χ4v) is 11.6. The molecule has 10 atom stereocenters. The normalized spacial score (nSPS) is 55.0. The summed E-state index contributed by atoms with van der Waals surface area (Å²) in [6.07, 6.45) is 10.2. The number of carbonyl (C=O) groups is 1. The van der Waals surface area contributed by atoms with Crippen LogP contribution >= 0.6 is 0 Å². The molecule has 5 aliphatic rings. The molecule has 0 aromatic heterocycles. The zero-order valence-electron chi connectivity index (χ0n) is 22.0. The fraction of sp³-hybridized carbons (Fsp3) is 0.900. The Hall–Kier alpha value is -0.830. The molecular formula is C30H48O3. The van der Waals surface area contributed by atoms with E-state index in [0.717, 1.165) is 51.4 Å². The van der Waals surface area contributed by atoms with Crippen LogP contribution in [-0.2, 0) is 4.79 Å². The maximum atomic E-state index is 13.5. The Bertz CT molecular complexity index is 861. The first-order valence-corrected chi connectivity index (χ1v) is 13.8. The van der Waals surface area contributed by atoms with Crippen LogP contribution in [0.2, 0.25) is 0 Å². The third-order valence-corrected chi connectivity index (χ3v) is 13.2. The number of hydrogen-bond acceptors (Lipinski definition) is 2. The van der Waals surface area contributed by atoms with E-state index >= 15 is 0 Å².